The largest absolute Gasteiger partial charge is 0.368 e. The minimum Gasteiger partial charge on any atom is -0.368 e. The summed E-state index contributed by atoms with van der Waals surface area (Å²) in [6.07, 6.45) is 2.21. The number of hydrogen-bond acceptors (Lipinski definition) is 3. The number of hydrogen-bond donors (Lipinski definition) is 2. The molecule has 96 valence electrons. The Labute approximate surface area is 99.6 Å². The Kier molecular flexibility index (Phi) is 8.21. The molecule has 0 rings (SSSR count). The van der Waals surface area contributed by atoms with Gasteiger partial charge in [0.05, 0.1) is 6.04 Å². The first-order valence-electron chi connectivity index (χ1n) is 6.28. The van der Waals surface area contributed by atoms with E-state index < -0.39 is 0 Å². The van der Waals surface area contributed by atoms with Crippen LogP contribution >= 0.6 is 0 Å². The quantitative estimate of drug-likeness (QED) is 0.619. The lowest BCUT2D eigenvalue weighted by atomic mass is 10.2. The van der Waals surface area contributed by atoms with E-state index in [1.54, 1.807) is 0 Å². The van der Waals surface area contributed by atoms with Crippen molar-refractivity contribution < 1.29 is 4.79 Å². The first kappa shape index (κ1) is 15.4. The molecular weight excluding hydrogens is 202 g/mol. The maximum Gasteiger partial charge on any atom is 0.235 e. The highest BCUT2D eigenvalue weighted by atomic mass is 16.1. The molecular formula is C12H27N3O. The molecule has 1 atom stereocenters. The fraction of sp³-hybridized carbons (Fsp3) is 0.917. The molecule has 16 heavy (non-hydrogen) atoms. The molecule has 4 nitrogen and oxygen atoms in total. The fourth-order valence-electron chi connectivity index (χ4n) is 1.81. The van der Waals surface area contributed by atoms with Crippen LogP contribution in [0.4, 0.5) is 0 Å². The maximum absolute atomic E-state index is 11.3. The van der Waals surface area contributed by atoms with Gasteiger partial charge in [0, 0.05) is 12.6 Å². The highest BCUT2D eigenvalue weighted by Crippen LogP contribution is 1.98. The maximum atomic E-state index is 11.3. The van der Waals surface area contributed by atoms with Crippen LogP contribution in [0.2, 0.25) is 0 Å². The Hall–Kier alpha value is -0.610. The van der Waals surface area contributed by atoms with Crippen LogP contribution in [0.25, 0.3) is 0 Å². The van der Waals surface area contributed by atoms with E-state index in [1.807, 2.05) is 13.8 Å². The molecule has 3 N–H and O–H groups in total. The number of primary amides is 1. The topological polar surface area (TPSA) is 58.4 Å². The molecule has 0 aromatic carbocycles. The summed E-state index contributed by atoms with van der Waals surface area (Å²) in [5.41, 5.74) is 5.40. The van der Waals surface area contributed by atoms with Crippen molar-refractivity contribution in [2.75, 3.05) is 19.6 Å². The summed E-state index contributed by atoms with van der Waals surface area (Å²) in [7, 11) is 0. The number of rotatable bonds is 9. The van der Waals surface area contributed by atoms with Crippen LogP contribution in [0.3, 0.4) is 0 Å². The van der Waals surface area contributed by atoms with E-state index in [1.165, 1.54) is 0 Å². The van der Waals surface area contributed by atoms with Crippen molar-refractivity contribution in [3.05, 3.63) is 0 Å². The molecule has 0 aromatic rings. The normalized spacial score (nSPS) is 13.4. The average Bonchev–Trinajstić information content (AvgIpc) is 2.16. The van der Waals surface area contributed by atoms with Crippen molar-refractivity contribution in [1.82, 2.24) is 10.2 Å². The third-order valence-electron chi connectivity index (χ3n) is 2.40. The highest BCUT2D eigenvalue weighted by molar-refractivity contribution is 5.80. The Morgan fingerprint density at radius 2 is 1.75 bits per heavy atom. The van der Waals surface area contributed by atoms with Crippen LogP contribution in [0.1, 0.15) is 40.5 Å². The number of carbonyl (C=O) groups is 1. The van der Waals surface area contributed by atoms with Gasteiger partial charge in [-0.15, -0.1) is 0 Å². The highest BCUT2D eigenvalue weighted by Gasteiger charge is 2.18. The summed E-state index contributed by atoms with van der Waals surface area (Å²) in [6.45, 7) is 11.1. The predicted octanol–water partition coefficient (Wildman–Crippen LogP) is 0.960. The van der Waals surface area contributed by atoms with E-state index in [4.69, 9.17) is 5.73 Å². The molecule has 0 aliphatic rings. The molecule has 0 saturated heterocycles. The molecule has 0 aliphatic heterocycles. The molecule has 0 aromatic heterocycles. The van der Waals surface area contributed by atoms with E-state index >= 15 is 0 Å². The minimum absolute atomic E-state index is 0.238. The molecule has 1 amide bonds. The van der Waals surface area contributed by atoms with Gasteiger partial charge >= 0.3 is 0 Å². The van der Waals surface area contributed by atoms with Crippen molar-refractivity contribution in [1.29, 1.82) is 0 Å². The van der Waals surface area contributed by atoms with Gasteiger partial charge in [-0.25, -0.2) is 0 Å². The van der Waals surface area contributed by atoms with Gasteiger partial charge in [0.25, 0.3) is 0 Å². The summed E-state index contributed by atoms with van der Waals surface area (Å²) in [5.74, 6) is -0.258. The lowest BCUT2D eigenvalue weighted by Crippen LogP contribution is -2.51. The summed E-state index contributed by atoms with van der Waals surface area (Å²) in [6, 6.07) is 0.0423. The van der Waals surface area contributed by atoms with E-state index in [0.29, 0.717) is 0 Å². The smallest absolute Gasteiger partial charge is 0.235 e. The Bertz CT molecular complexity index is 189. The standard InChI is InChI=1S/C12H27N3O/c1-5-7-15(8-6-2)9-11(12(13)16)14-10(3)4/h10-11,14H,5-9H2,1-4H3,(H2,13,16). The van der Waals surface area contributed by atoms with Gasteiger partial charge < -0.3 is 16.0 Å². The minimum atomic E-state index is -0.258. The van der Waals surface area contributed by atoms with E-state index in [9.17, 15) is 4.79 Å². The van der Waals surface area contributed by atoms with Gasteiger partial charge in [-0.1, -0.05) is 27.7 Å². The Balaban J connectivity index is 4.26. The Morgan fingerprint density at radius 1 is 1.25 bits per heavy atom. The molecule has 0 spiro atoms. The van der Waals surface area contributed by atoms with Crippen molar-refractivity contribution in [3.63, 3.8) is 0 Å². The van der Waals surface area contributed by atoms with Gasteiger partial charge in [0.1, 0.15) is 0 Å². The van der Waals surface area contributed by atoms with Crippen LogP contribution in [-0.4, -0.2) is 42.5 Å². The van der Waals surface area contributed by atoms with Gasteiger partial charge in [0.15, 0.2) is 0 Å². The van der Waals surface area contributed by atoms with Crippen molar-refractivity contribution >= 4 is 5.91 Å². The van der Waals surface area contributed by atoms with Crippen LogP contribution in [-0.2, 0) is 4.79 Å². The van der Waals surface area contributed by atoms with Gasteiger partial charge in [-0.05, 0) is 25.9 Å². The summed E-state index contributed by atoms with van der Waals surface area (Å²) < 4.78 is 0. The second-order valence-electron chi connectivity index (χ2n) is 4.58. The van der Waals surface area contributed by atoms with Gasteiger partial charge in [0.2, 0.25) is 5.91 Å². The van der Waals surface area contributed by atoms with Crippen LogP contribution in [0.15, 0.2) is 0 Å². The molecule has 0 heterocycles. The number of amides is 1. The zero-order chi connectivity index (χ0) is 12.6. The van der Waals surface area contributed by atoms with Crippen LogP contribution in [0, 0.1) is 0 Å². The monoisotopic (exact) mass is 229 g/mol. The van der Waals surface area contributed by atoms with Gasteiger partial charge in [-0.3, -0.25) is 4.79 Å². The summed E-state index contributed by atoms with van der Waals surface area (Å²) >= 11 is 0. The van der Waals surface area contributed by atoms with Crippen molar-refractivity contribution in [2.24, 2.45) is 5.73 Å². The lowest BCUT2D eigenvalue weighted by Gasteiger charge is -2.27. The first-order chi connectivity index (χ1) is 7.51. The average molecular weight is 229 g/mol. The molecule has 0 radical (unpaired) electrons. The van der Waals surface area contributed by atoms with Crippen LogP contribution < -0.4 is 11.1 Å². The number of nitrogens with two attached hydrogens (primary N) is 1. The third-order valence-corrected chi connectivity index (χ3v) is 2.40. The molecule has 1 unspecified atom stereocenters. The fourth-order valence-corrected chi connectivity index (χ4v) is 1.81. The predicted molar refractivity (Wildman–Crippen MR) is 68.3 cm³/mol. The molecule has 0 saturated carbocycles. The van der Waals surface area contributed by atoms with Crippen molar-refractivity contribution in [2.45, 2.75) is 52.6 Å². The molecule has 0 bridgehead atoms. The van der Waals surface area contributed by atoms with Crippen molar-refractivity contribution in [3.8, 4) is 0 Å². The lowest BCUT2D eigenvalue weighted by molar-refractivity contribution is -0.120. The number of nitrogens with zero attached hydrogens (tertiary/aromatic N) is 1. The van der Waals surface area contributed by atoms with E-state index in [2.05, 4.69) is 24.1 Å². The first-order valence-corrected chi connectivity index (χ1v) is 6.28. The second kappa shape index (κ2) is 8.53. The number of carbonyl (C=O) groups excluding carboxylic acids is 1. The molecule has 0 aliphatic carbocycles. The van der Waals surface area contributed by atoms with E-state index in [0.717, 1.165) is 32.5 Å². The summed E-state index contributed by atoms with van der Waals surface area (Å²) in [5, 5.41) is 3.21. The molecule has 0 fully saturated rings. The number of nitrogens with one attached hydrogen (secondary N) is 1. The zero-order valence-corrected chi connectivity index (χ0v) is 11.1. The van der Waals surface area contributed by atoms with Gasteiger partial charge in [-0.2, -0.15) is 0 Å². The SMILES string of the molecule is CCCN(CCC)CC(NC(C)C)C(N)=O. The third kappa shape index (κ3) is 6.80. The zero-order valence-electron chi connectivity index (χ0n) is 11.1. The Morgan fingerprint density at radius 3 is 2.06 bits per heavy atom. The second-order valence-corrected chi connectivity index (χ2v) is 4.58. The molecule has 4 heteroatoms. The van der Waals surface area contributed by atoms with E-state index in [-0.39, 0.29) is 18.0 Å². The van der Waals surface area contributed by atoms with Crippen LogP contribution in [0.5, 0.6) is 0 Å². The summed E-state index contributed by atoms with van der Waals surface area (Å²) in [4.78, 5) is 13.6.